The SMILES string of the molecule is CCCCCCCCC(O)(CC(=O)O)C(=O)O. The van der Waals surface area contributed by atoms with Crippen LogP contribution in [0, 0.1) is 0 Å². The Morgan fingerprint density at radius 1 is 1.00 bits per heavy atom. The second-order valence-electron chi connectivity index (χ2n) is 4.43. The molecular formula is C12H22O5. The fourth-order valence-electron chi connectivity index (χ4n) is 1.72. The van der Waals surface area contributed by atoms with Crippen LogP contribution in [0.4, 0.5) is 0 Å². The summed E-state index contributed by atoms with van der Waals surface area (Å²) < 4.78 is 0. The van der Waals surface area contributed by atoms with Crippen LogP contribution in [0.25, 0.3) is 0 Å². The molecule has 0 aliphatic heterocycles. The van der Waals surface area contributed by atoms with Crippen LogP contribution in [0.1, 0.15) is 58.3 Å². The third-order valence-corrected chi connectivity index (χ3v) is 2.79. The molecule has 0 amide bonds. The zero-order chi connectivity index (χ0) is 13.3. The van der Waals surface area contributed by atoms with E-state index in [1.807, 2.05) is 0 Å². The van der Waals surface area contributed by atoms with Crippen molar-refractivity contribution >= 4 is 11.9 Å². The average molecular weight is 246 g/mol. The first-order valence-electron chi connectivity index (χ1n) is 6.10. The molecule has 0 spiro atoms. The van der Waals surface area contributed by atoms with Gasteiger partial charge in [0.15, 0.2) is 5.60 Å². The number of aliphatic carboxylic acids is 2. The molecule has 0 bridgehead atoms. The van der Waals surface area contributed by atoms with E-state index < -0.39 is 24.0 Å². The molecule has 100 valence electrons. The van der Waals surface area contributed by atoms with E-state index in [-0.39, 0.29) is 6.42 Å². The Morgan fingerprint density at radius 3 is 2.00 bits per heavy atom. The summed E-state index contributed by atoms with van der Waals surface area (Å²) in [5.74, 6) is -2.74. The van der Waals surface area contributed by atoms with E-state index in [0.29, 0.717) is 6.42 Å². The third-order valence-electron chi connectivity index (χ3n) is 2.79. The van der Waals surface area contributed by atoms with Gasteiger partial charge in [0.1, 0.15) is 0 Å². The minimum absolute atomic E-state index is 0.000752. The standard InChI is InChI=1S/C12H22O5/c1-2-3-4-5-6-7-8-12(17,11(15)16)9-10(13)14/h17H,2-9H2,1H3,(H,13,14)(H,15,16). The zero-order valence-electron chi connectivity index (χ0n) is 10.3. The molecule has 0 aromatic carbocycles. The van der Waals surface area contributed by atoms with Crippen LogP contribution in [0.3, 0.4) is 0 Å². The number of carbonyl (C=O) groups is 2. The van der Waals surface area contributed by atoms with Crippen molar-refractivity contribution in [1.82, 2.24) is 0 Å². The Hall–Kier alpha value is -1.10. The van der Waals surface area contributed by atoms with Gasteiger partial charge in [0.25, 0.3) is 0 Å². The highest BCUT2D eigenvalue weighted by Crippen LogP contribution is 2.20. The number of unbranched alkanes of at least 4 members (excludes halogenated alkanes) is 5. The van der Waals surface area contributed by atoms with Gasteiger partial charge >= 0.3 is 11.9 Å². The Labute approximate surface area is 101 Å². The lowest BCUT2D eigenvalue weighted by Gasteiger charge is -2.21. The predicted molar refractivity (Wildman–Crippen MR) is 62.8 cm³/mol. The quantitative estimate of drug-likeness (QED) is 0.513. The molecule has 0 heterocycles. The van der Waals surface area contributed by atoms with Crippen LogP contribution in [-0.4, -0.2) is 32.9 Å². The van der Waals surface area contributed by atoms with E-state index >= 15 is 0 Å². The van der Waals surface area contributed by atoms with E-state index in [2.05, 4.69) is 6.92 Å². The molecule has 0 aromatic rings. The Kier molecular flexibility index (Phi) is 7.54. The highest BCUT2D eigenvalue weighted by atomic mass is 16.4. The molecule has 0 fully saturated rings. The second kappa shape index (κ2) is 8.06. The summed E-state index contributed by atoms with van der Waals surface area (Å²) in [6.07, 6.45) is 5.01. The van der Waals surface area contributed by atoms with Gasteiger partial charge in [-0.2, -0.15) is 0 Å². The number of rotatable bonds is 10. The molecule has 3 N–H and O–H groups in total. The lowest BCUT2D eigenvalue weighted by atomic mass is 9.92. The predicted octanol–water partition coefficient (Wildman–Crippen LogP) is 2.03. The first-order chi connectivity index (χ1) is 7.92. The molecule has 0 saturated heterocycles. The van der Waals surface area contributed by atoms with Crippen molar-refractivity contribution in [3.05, 3.63) is 0 Å². The lowest BCUT2D eigenvalue weighted by Crippen LogP contribution is -2.40. The molecule has 5 heteroatoms. The van der Waals surface area contributed by atoms with Crippen molar-refractivity contribution in [3.63, 3.8) is 0 Å². The summed E-state index contributed by atoms with van der Waals surface area (Å²) in [5.41, 5.74) is -2.11. The van der Waals surface area contributed by atoms with Gasteiger partial charge in [0, 0.05) is 0 Å². The summed E-state index contributed by atoms with van der Waals surface area (Å²) >= 11 is 0. The first kappa shape index (κ1) is 15.9. The topological polar surface area (TPSA) is 94.8 Å². The maximum atomic E-state index is 10.8. The Bertz CT molecular complexity index is 251. The molecule has 5 nitrogen and oxygen atoms in total. The third kappa shape index (κ3) is 6.94. The highest BCUT2D eigenvalue weighted by molar-refractivity contribution is 5.83. The van der Waals surface area contributed by atoms with Gasteiger partial charge in [-0.25, -0.2) is 4.79 Å². The number of hydrogen-bond acceptors (Lipinski definition) is 3. The monoisotopic (exact) mass is 246 g/mol. The largest absolute Gasteiger partial charge is 0.481 e. The molecule has 0 aliphatic rings. The number of hydrogen-bond donors (Lipinski definition) is 3. The van der Waals surface area contributed by atoms with E-state index in [1.165, 1.54) is 0 Å². The van der Waals surface area contributed by atoms with E-state index in [4.69, 9.17) is 10.2 Å². The van der Waals surface area contributed by atoms with Gasteiger partial charge in [-0.05, 0) is 12.8 Å². The van der Waals surface area contributed by atoms with Crippen LogP contribution in [-0.2, 0) is 9.59 Å². The maximum absolute atomic E-state index is 10.8. The van der Waals surface area contributed by atoms with Crippen molar-refractivity contribution in [3.8, 4) is 0 Å². The van der Waals surface area contributed by atoms with Crippen molar-refractivity contribution < 1.29 is 24.9 Å². The normalized spacial score (nSPS) is 14.2. The number of carboxylic acid groups (broad SMARTS) is 2. The molecule has 1 atom stereocenters. The molecule has 0 aliphatic carbocycles. The second-order valence-corrected chi connectivity index (χ2v) is 4.43. The summed E-state index contributed by atoms with van der Waals surface area (Å²) in [6, 6.07) is 0. The van der Waals surface area contributed by atoms with Crippen LogP contribution >= 0.6 is 0 Å². The number of carboxylic acids is 2. The Morgan fingerprint density at radius 2 is 1.53 bits per heavy atom. The van der Waals surface area contributed by atoms with Gasteiger partial charge < -0.3 is 15.3 Å². The summed E-state index contributed by atoms with van der Waals surface area (Å²) in [7, 11) is 0. The molecule has 0 radical (unpaired) electrons. The van der Waals surface area contributed by atoms with Crippen molar-refractivity contribution in [2.45, 2.75) is 63.9 Å². The maximum Gasteiger partial charge on any atom is 0.336 e. The van der Waals surface area contributed by atoms with E-state index in [0.717, 1.165) is 32.1 Å². The molecule has 17 heavy (non-hydrogen) atoms. The van der Waals surface area contributed by atoms with Crippen LogP contribution < -0.4 is 0 Å². The summed E-state index contributed by atoms with van der Waals surface area (Å²) in [6.45, 7) is 2.11. The average Bonchev–Trinajstić information content (AvgIpc) is 2.22. The van der Waals surface area contributed by atoms with Gasteiger partial charge in [-0.1, -0.05) is 39.0 Å². The molecule has 0 aromatic heterocycles. The number of aliphatic hydroxyl groups is 1. The van der Waals surface area contributed by atoms with E-state index in [9.17, 15) is 14.7 Å². The van der Waals surface area contributed by atoms with Gasteiger partial charge in [0.2, 0.25) is 0 Å². The smallest absolute Gasteiger partial charge is 0.336 e. The fraction of sp³-hybridized carbons (Fsp3) is 0.833. The first-order valence-corrected chi connectivity index (χ1v) is 6.10. The molecule has 0 rings (SSSR count). The fourth-order valence-corrected chi connectivity index (χ4v) is 1.72. The highest BCUT2D eigenvalue weighted by Gasteiger charge is 2.37. The van der Waals surface area contributed by atoms with Crippen LogP contribution in [0.15, 0.2) is 0 Å². The van der Waals surface area contributed by atoms with Gasteiger partial charge in [-0.3, -0.25) is 4.79 Å². The van der Waals surface area contributed by atoms with Gasteiger partial charge in [0.05, 0.1) is 6.42 Å². The van der Waals surface area contributed by atoms with Crippen LogP contribution in [0.5, 0.6) is 0 Å². The van der Waals surface area contributed by atoms with E-state index in [1.54, 1.807) is 0 Å². The van der Waals surface area contributed by atoms with Crippen molar-refractivity contribution in [1.29, 1.82) is 0 Å². The van der Waals surface area contributed by atoms with Crippen molar-refractivity contribution in [2.75, 3.05) is 0 Å². The minimum atomic E-state index is -2.11. The summed E-state index contributed by atoms with van der Waals surface area (Å²) in [4.78, 5) is 21.3. The zero-order valence-corrected chi connectivity index (χ0v) is 10.3. The molecule has 0 saturated carbocycles. The summed E-state index contributed by atoms with van der Waals surface area (Å²) in [5, 5.41) is 27.0. The van der Waals surface area contributed by atoms with Crippen molar-refractivity contribution in [2.24, 2.45) is 0 Å². The molecule has 1 unspecified atom stereocenters. The minimum Gasteiger partial charge on any atom is -0.481 e. The Balaban J connectivity index is 3.93. The van der Waals surface area contributed by atoms with Crippen LogP contribution in [0.2, 0.25) is 0 Å². The lowest BCUT2D eigenvalue weighted by molar-refractivity contribution is -0.166. The molecular weight excluding hydrogens is 224 g/mol. The van der Waals surface area contributed by atoms with Gasteiger partial charge in [-0.15, -0.1) is 0 Å².